The average molecular weight is 300 g/mol. The van der Waals surface area contributed by atoms with Gasteiger partial charge in [-0.3, -0.25) is 4.79 Å². The van der Waals surface area contributed by atoms with Crippen LogP contribution in [0, 0.1) is 6.92 Å². The molecule has 0 aliphatic carbocycles. The molecule has 1 aromatic heterocycles. The van der Waals surface area contributed by atoms with E-state index in [9.17, 15) is 13.2 Å². The van der Waals surface area contributed by atoms with Gasteiger partial charge in [-0.1, -0.05) is 23.5 Å². The van der Waals surface area contributed by atoms with Gasteiger partial charge in [0.05, 0.1) is 0 Å². The van der Waals surface area contributed by atoms with Crippen LogP contribution in [0.3, 0.4) is 0 Å². The van der Waals surface area contributed by atoms with Crippen LogP contribution in [0.5, 0.6) is 5.75 Å². The summed E-state index contributed by atoms with van der Waals surface area (Å²) in [6.07, 6.45) is 0. The van der Waals surface area contributed by atoms with Gasteiger partial charge in [0.1, 0.15) is 5.75 Å². The molecule has 19 heavy (non-hydrogen) atoms. The highest BCUT2D eigenvalue weighted by molar-refractivity contribution is 7.91. The molecule has 1 heterocycles. The van der Waals surface area contributed by atoms with Crippen molar-refractivity contribution < 1.29 is 13.5 Å². The highest BCUT2D eigenvalue weighted by atomic mass is 32.2. The quantitative estimate of drug-likeness (QED) is 0.782. The first kappa shape index (κ1) is 13.8. The molecule has 0 unspecified atom stereocenters. The molecule has 0 radical (unpaired) electrons. The minimum Gasteiger partial charge on any atom is -0.508 e. The maximum absolute atomic E-state index is 12.0. The van der Waals surface area contributed by atoms with Gasteiger partial charge < -0.3 is 10.1 Å². The predicted octanol–water partition coefficient (Wildman–Crippen LogP) is 0.929. The second-order valence-corrected chi connectivity index (χ2v) is 6.86. The number of rotatable bonds is 4. The molecule has 0 bridgehead atoms. The average Bonchev–Trinajstić information content (AvgIpc) is 2.69. The first-order valence-electron chi connectivity index (χ1n) is 5.36. The Morgan fingerprint density at radius 2 is 1.95 bits per heavy atom. The smallest absolute Gasteiger partial charge is 0.305 e. The van der Waals surface area contributed by atoms with Gasteiger partial charge in [-0.25, -0.2) is 13.1 Å². The van der Waals surface area contributed by atoms with Crippen LogP contribution in [-0.4, -0.2) is 18.5 Å². The van der Waals surface area contributed by atoms with Crippen molar-refractivity contribution in [3.63, 3.8) is 0 Å². The molecular weight excluding hydrogens is 288 g/mol. The number of H-pyrrole nitrogens is 1. The van der Waals surface area contributed by atoms with Gasteiger partial charge in [0.2, 0.25) is 0 Å². The molecule has 2 rings (SSSR count). The van der Waals surface area contributed by atoms with Gasteiger partial charge in [-0.05, 0) is 24.6 Å². The summed E-state index contributed by atoms with van der Waals surface area (Å²) in [6.45, 7) is 1.63. The summed E-state index contributed by atoms with van der Waals surface area (Å²) in [5.74, 6) is 0.117. The van der Waals surface area contributed by atoms with Crippen molar-refractivity contribution in [2.75, 3.05) is 0 Å². The van der Waals surface area contributed by atoms with Crippen LogP contribution in [0.25, 0.3) is 0 Å². The second-order valence-electron chi connectivity index (χ2n) is 3.92. The fourth-order valence-corrected chi connectivity index (χ4v) is 3.87. The largest absolute Gasteiger partial charge is 0.508 e. The van der Waals surface area contributed by atoms with Crippen LogP contribution in [0.2, 0.25) is 0 Å². The molecule has 8 heteroatoms. The topological polar surface area (TPSA) is 99.3 Å². The first-order valence-corrected chi connectivity index (χ1v) is 7.66. The third-order valence-corrected chi connectivity index (χ3v) is 5.43. The number of hydrogen-bond acceptors (Lipinski definition) is 5. The van der Waals surface area contributed by atoms with Gasteiger partial charge in [-0.2, -0.15) is 0 Å². The van der Waals surface area contributed by atoms with Crippen LogP contribution in [0.15, 0.2) is 33.3 Å². The third kappa shape index (κ3) is 3.22. The summed E-state index contributed by atoms with van der Waals surface area (Å²) in [7, 11) is -3.70. The molecule has 0 saturated heterocycles. The maximum Gasteiger partial charge on any atom is 0.305 e. The Morgan fingerprint density at radius 1 is 1.32 bits per heavy atom. The van der Waals surface area contributed by atoms with E-state index in [2.05, 4.69) is 9.71 Å². The zero-order chi connectivity index (χ0) is 14.0. The molecule has 0 saturated carbocycles. The fraction of sp³-hybridized carbons (Fsp3) is 0.182. The van der Waals surface area contributed by atoms with Crippen molar-refractivity contribution in [2.45, 2.75) is 17.7 Å². The van der Waals surface area contributed by atoms with Gasteiger partial charge in [0, 0.05) is 12.2 Å². The summed E-state index contributed by atoms with van der Waals surface area (Å²) < 4.78 is 26.4. The lowest BCUT2D eigenvalue weighted by Crippen LogP contribution is -2.23. The van der Waals surface area contributed by atoms with Crippen molar-refractivity contribution in [2.24, 2.45) is 0 Å². The van der Waals surface area contributed by atoms with Gasteiger partial charge >= 0.3 is 4.87 Å². The molecular formula is C11H12N2O4S2. The van der Waals surface area contributed by atoms with Crippen LogP contribution in [-0.2, 0) is 16.6 Å². The lowest BCUT2D eigenvalue weighted by molar-refractivity contribution is 0.475. The normalized spacial score (nSPS) is 11.6. The Kier molecular flexibility index (Phi) is 3.74. The minimum absolute atomic E-state index is 0.00345. The Labute approximate surface area is 113 Å². The lowest BCUT2D eigenvalue weighted by Gasteiger charge is -2.05. The van der Waals surface area contributed by atoms with E-state index in [1.165, 1.54) is 19.1 Å². The van der Waals surface area contributed by atoms with E-state index in [0.717, 1.165) is 0 Å². The van der Waals surface area contributed by atoms with E-state index in [-0.39, 0.29) is 16.5 Å². The number of benzene rings is 1. The first-order chi connectivity index (χ1) is 8.88. The molecule has 0 spiro atoms. The third-order valence-electron chi connectivity index (χ3n) is 2.43. The molecule has 6 nitrogen and oxygen atoms in total. The van der Waals surface area contributed by atoms with Crippen LogP contribution < -0.4 is 9.60 Å². The van der Waals surface area contributed by atoms with Crippen molar-refractivity contribution in [3.05, 3.63) is 45.2 Å². The highest BCUT2D eigenvalue weighted by Crippen LogP contribution is 2.16. The number of hydrogen-bond donors (Lipinski definition) is 3. The van der Waals surface area contributed by atoms with Gasteiger partial charge in [0.15, 0.2) is 4.21 Å². The number of aromatic hydroxyl groups is 1. The Bertz CT molecular complexity index is 729. The molecule has 0 aliphatic rings. The lowest BCUT2D eigenvalue weighted by atomic mass is 10.2. The van der Waals surface area contributed by atoms with E-state index in [0.29, 0.717) is 22.6 Å². The predicted molar refractivity (Wildman–Crippen MR) is 71.8 cm³/mol. The number of sulfonamides is 1. The number of phenols is 1. The number of aromatic amines is 1. The second kappa shape index (κ2) is 5.16. The molecule has 0 amide bonds. The van der Waals surface area contributed by atoms with Gasteiger partial charge in [-0.15, -0.1) is 0 Å². The SMILES string of the molecule is Cc1[nH]c(=O)sc1S(=O)(=O)NCc1ccc(O)cc1. The number of thiazole rings is 1. The Hall–Kier alpha value is -1.64. The number of nitrogens with one attached hydrogen (secondary N) is 2. The summed E-state index contributed by atoms with van der Waals surface area (Å²) in [5.41, 5.74) is 1.04. The molecule has 0 fully saturated rings. The number of phenolic OH excluding ortho intramolecular Hbond substituents is 1. The monoisotopic (exact) mass is 300 g/mol. The van der Waals surface area contributed by atoms with Crippen molar-refractivity contribution in [1.29, 1.82) is 0 Å². The summed E-state index contributed by atoms with van der Waals surface area (Å²) in [6, 6.07) is 6.18. The van der Waals surface area contributed by atoms with Crippen LogP contribution in [0.1, 0.15) is 11.3 Å². The standard InChI is InChI=1S/C11H12N2O4S2/c1-7-10(18-11(15)13-7)19(16,17)12-6-8-2-4-9(14)5-3-8/h2-5,12,14H,6H2,1H3,(H,13,15). The zero-order valence-electron chi connectivity index (χ0n) is 10.0. The maximum atomic E-state index is 12.0. The van der Waals surface area contributed by atoms with Gasteiger partial charge in [0.25, 0.3) is 10.0 Å². The van der Waals surface area contributed by atoms with E-state index in [1.54, 1.807) is 12.1 Å². The number of aromatic nitrogens is 1. The van der Waals surface area contributed by atoms with Crippen LogP contribution >= 0.6 is 11.3 Å². The van der Waals surface area contributed by atoms with E-state index >= 15 is 0 Å². The Morgan fingerprint density at radius 3 is 2.47 bits per heavy atom. The summed E-state index contributed by atoms with van der Waals surface area (Å²) in [4.78, 5) is 13.1. The molecule has 0 aliphatic heterocycles. The molecule has 3 N–H and O–H groups in total. The van der Waals surface area contributed by atoms with Crippen molar-refractivity contribution >= 4 is 21.4 Å². The fourth-order valence-electron chi connectivity index (χ4n) is 1.50. The van der Waals surface area contributed by atoms with Crippen molar-refractivity contribution in [3.8, 4) is 5.75 Å². The van der Waals surface area contributed by atoms with E-state index in [4.69, 9.17) is 5.11 Å². The van der Waals surface area contributed by atoms with Crippen molar-refractivity contribution in [1.82, 2.24) is 9.71 Å². The minimum atomic E-state index is -3.70. The molecule has 1 aromatic carbocycles. The van der Waals surface area contributed by atoms with E-state index < -0.39 is 14.9 Å². The summed E-state index contributed by atoms with van der Waals surface area (Å²) in [5, 5.41) is 9.13. The highest BCUT2D eigenvalue weighted by Gasteiger charge is 2.19. The molecule has 0 atom stereocenters. The summed E-state index contributed by atoms with van der Waals surface area (Å²) >= 11 is 0.657. The molecule has 102 valence electrons. The zero-order valence-corrected chi connectivity index (χ0v) is 11.6. The number of aryl methyl sites for hydroxylation is 1. The van der Waals surface area contributed by atoms with E-state index in [1.807, 2.05) is 0 Å². The Balaban J connectivity index is 2.16. The molecule has 2 aromatic rings. The van der Waals surface area contributed by atoms with Crippen LogP contribution in [0.4, 0.5) is 0 Å².